The van der Waals surface area contributed by atoms with Crippen molar-refractivity contribution in [3.63, 3.8) is 0 Å². The summed E-state index contributed by atoms with van der Waals surface area (Å²) >= 11 is 0. The summed E-state index contributed by atoms with van der Waals surface area (Å²) in [6.45, 7) is 7.50. The maximum Gasteiger partial charge on any atom is 0.246 e. The number of likely N-dealkylation sites (tertiary alicyclic amines) is 1. The lowest BCUT2D eigenvalue weighted by atomic mass is 9.91. The van der Waals surface area contributed by atoms with E-state index in [9.17, 15) is 4.79 Å². The fourth-order valence-corrected chi connectivity index (χ4v) is 4.25. The van der Waals surface area contributed by atoms with E-state index in [1.807, 2.05) is 67.9 Å². The molecule has 1 saturated heterocycles. The fraction of sp³-hybridized carbons (Fsp3) is 0.360. The van der Waals surface area contributed by atoms with Gasteiger partial charge in [-0.25, -0.2) is 9.97 Å². The van der Waals surface area contributed by atoms with Gasteiger partial charge in [-0.05, 0) is 69.0 Å². The second-order valence-electron chi connectivity index (χ2n) is 8.43. The lowest BCUT2D eigenvalue weighted by Gasteiger charge is -2.32. The zero-order valence-corrected chi connectivity index (χ0v) is 19.2. The first-order chi connectivity index (χ1) is 15.4. The molecule has 3 aromatic rings. The smallest absolute Gasteiger partial charge is 0.246 e. The molecule has 4 rings (SSSR count). The van der Waals surface area contributed by atoms with Gasteiger partial charge in [-0.2, -0.15) is 5.10 Å². The summed E-state index contributed by atoms with van der Waals surface area (Å²) in [6.07, 6.45) is 9.21. The third-order valence-electron chi connectivity index (χ3n) is 6.20. The van der Waals surface area contributed by atoms with Crippen LogP contribution in [0, 0.1) is 20.8 Å². The SMILES string of the molecule is Cc1cccnc1Nc1cc([C@@H]2CCCN(C(=O)/C=C/c3c(C)nn(C)c3C)C2)ccn1. The van der Waals surface area contributed by atoms with E-state index in [1.165, 1.54) is 5.56 Å². The number of nitrogens with zero attached hydrogens (tertiary/aromatic N) is 5. The van der Waals surface area contributed by atoms with Crippen LogP contribution in [-0.4, -0.2) is 43.6 Å². The van der Waals surface area contributed by atoms with Crippen molar-refractivity contribution in [1.29, 1.82) is 0 Å². The van der Waals surface area contributed by atoms with E-state index < -0.39 is 0 Å². The monoisotopic (exact) mass is 430 g/mol. The lowest BCUT2D eigenvalue weighted by Crippen LogP contribution is -2.38. The van der Waals surface area contributed by atoms with Gasteiger partial charge in [0.25, 0.3) is 0 Å². The predicted molar refractivity (Wildman–Crippen MR) is 127 cm³/mol. The van der Waals surface area contributed by atoms with Gasteiger partial charge in [0.05, 0.1) is 5.69 Å². The molecule has 0 bridgehead atoms. The third kappa shape index (κ3) is 4.72. The summed E-state index contributed by atoms with van der Waals surface area (Å²) in [5, 5.41) is 7.74. The molecule has 1 amide bonds. The average molecular weight is 431 g/mol. The van der Waals surface area contributed by atoms with Gasteiger partial charge in [0, 0.05) is 55.8 Å². The van der Waals surface area contributed by atoms with Gasteiger partial charge >= 0.3 is 0 Å². The molecule has 1 aliphatic heterocycles. The second kappa shape index (κ2) is 9.34. The number of pyridine rings is 2. The van der Waals surface area contributed by atoms with Crippen molar-refractivity contribution >= 4 is 23.6 Å². The summed E-state index contributed by atoms with van der Waals surface area (Å²) in [6, 6.07) is 8.06. The first kappa shape index (κ1) is 21.7. The van der Waals surface area contributed by atoms with Crippen molar-refractivity contribution in [3.8, 4) is 0 Å². The zero-order chi connectivity index (χ0) is 22.7. The van der Waals surface area contributed by atoms with Crippen LogP contribution >= 0.6 is 0 Å². The predicted octanol–water partition coefficient (Wildman–Crippen LogP) is 4.30. The molecule has 7 nitrogen and oxygen atoms in total. The molecular formula is C25H30N6O. The Hall–Kier alpha value is -3.48. The van der Waals surface area contributed by atoms with Crippen LogP contribution in [0.3, 0.4) is 0 Å². The fourth-order valence-electron chi connectivity index (χ4n) is 4.25. The highest BCUT2D eigenvalue weighted by Crippen LogP contribution is 2.29. The number of aryl methyl sites for hydroxylation is 3. The van der Waals surface area contributed by atoms with Crippen LogP contribution in [0.1, 0.15) is 46.8 Å². The van der Waals surface area contributed by atoms with Gasteiger partial charge in [-0.15, -0.1) is 0 Å². The summed E-state index contributed by atoms with van der Waals surface area (Å²) in [5.74, 6) is 1.92. The molecule has 166 valence electrons. The number of hydrogen-bond acceptors (Lipinski definition) is 5. The Labute approximate surface area is 189 Å². The molecule has 0 unspecified atom stereocenters. The number of amides is 1. The molecule has 0 spiro atoms. The Morgan fingerprint density at radius 1 is 1.19 bits per heavy atom. The van der Waals surface area contributed by atoms with Gasteiger partial charge in [0.15, 0.2) is 0 Å². The summed E-state index contributed by atoms with van der Waals surface area (Å²) in [7, 11) is 1.92. The quantitative estimate of drug-likeness (QED) is 0.611. The Bertz CT molecular complexity index is 1150. The normalized spacial score (nSPS) is 16.5. The van der Waals surface area contributed by atoms with Crippen molar-refractivity contribution in [1.82, 2.24) is 24.6 Å². The maximum absolute atomic E-state index is 12.9. The first-order valence-corrected chi connectivity index (χ1v) is 11.0. The largest absolute Gasteiger partial charge is 0.339 e. The summed E-state index contributed by atoms with van der Waals surface area (Å²) < 4.78 is 1.85. The Morgan fingerprint density at radius 3 is 2.78 bits per heavy atom. The third-order valence-corrected chi connectivity index (χ3v) is 6.20. The number of aromatic nitrogens is 4. The Kier molecular flexibility index (Phi) is 6.35. The van der Waals surface area contributed by atoms with Crippen LogP contribution in [0.5, 0.6) is 0 Å². The Morgan fingerprint density at radius 2 is 2.03 bits per heavy atom. The van der Waals surface area contributed by atoms with Crippen molar-refractivity contribution in [3.05, 3.63) is 70.8 Å². The van der Waals surface area contributed by atoms with Crippen LogP contribution in [-0.2, 0) is 11.8 Å². The number of hydrogen-bond donors (Lipinski definition) is 1. The van der Waals surface area contributed by atoms with Crippen molar-refractivity contribution in [2.45, 2.75) is 39.5 Å². The molecular weight excluding hydrogens is 400 g/mol. The molecule has 0 aliphatic carbocycles. The van der Waals surface area contributed by atoms with Gasteiger partial charge in [0.2, 0.25) is 5.91 Å². The molecule has 0 radical (unpaired) electrons. The minimum atomic E-state index is 0.0499. The maximum atomic E-state index is 12.9. The van der Waals surface area contributed by atoms with Gasteiger partial charge in [-0.1, -0.05) is 6.07 Å². The standard InChI is InChI=1S/C25H30N6O/c1-17-7-5-12-27-25(17)28-23-15-20(11-13-26-23)21-8-6-14-31(16-21)24(32)10-9-22-18(2)29-30(4)19(22)3/h5,7,9-13,15,21H,6,8,14,16H2,1-4H3,(H,26,27,28)/b10-9+/t21-/m1/s1. The number of carbonyl (C=O) groups excluding carboxylic acids is 1. The zero-order valence-electron chi connectivity index (χ0n) is 19.2. The van der Waals surface area contributed by atoms with Crippen molar-refractivity contribution in [2.75, 3.05) is 18.4 Å². The lowest BCUT2D eigenvalue weighted by molar-refractivity contribution is -0.127. The van der Waals surface area contributed by atoms with E-state index in [4.69, 9.17) is 0 Å². The molecule has 32 heavy (non-hydrogen) atoms. The number of carbonyl (C=O) groups is 1. The molecule has 0 saturated carbocycles. The van der Waals surface area contributed by atoms with Gasteiger partial charge in [-0.3, -0.25) is 9.48 Å². The van der Waals surface area contributed by atoms with Crippen LogP contribution in [0.25, 0.3) is 6.08 Å². The summed E-state index contributed by atoms with van der Waals surface area (Å²) in [5.41, 5.74) is 5.27. The van der Waals surface area contributed by atoms with E-state index >= 15 is 0 Å². The molecule has 1 fully saturated rings. The van der Waals surface area contributed by atoms with E-state index in [2.05, 4.69) is 26.4 Å². The van der Waals surface area contributed by atoms with Crippen molar-refractivity contribution in [2.24, 2.45) is 7.05 Å². The van der Waals surface area contributed by atoms with Gasteiger partial charge in [0.1, 0.15) is 11.6 Å². The minimum absolute atomic E-state index is 0.0499. The topological polar surface area (TPSA) is 75.9 Å². The minimum Gasteiger partial charge on any atom is -0.339 e. The van der Waals surface area contributed by atoms with E-state index in [0.29, 0.717) is 6.54 Å². The molecule has 3 aromatic heterocycles. The molecule has 1 atom stereocenters. The Balaban J connectivity index is 1.45. The van der Waals surface area contributed by atoms with Gasteiger partial charge < -0.3 is 10.2 Å². The number of rotatable bonds is 5. The highest BCUT2D eigenvalue weighted by atomic mass is 16.2. The van der Waals surface area contributed by atoms with Crippen LogP contribution in [0.4, 0.5) is 11.6 Å². The average Bonchev–Trinajstić information content (AvgIpc) is 3.04. The molecule has 1 aliphatic rings. The molecule has 4 heterocycles. The number of nitrogens with one attached hydrogen (secondary N) is 1. The molecule has 7 heteroatoms. The highest BCUT2D eigenvalue weighted by molar-refractivity contribution is 5.92. The first-order valence-electron chi connectivity index (χ1n) is 11.0. The molecule has 1 N–H and O–H groups in total. The van der Waals surface area contributed by atoms with E-state index in [0.717, 1.165) is 53.5 Å². The highest BCUT2D eigenvalue weighted by Gasteiger charge is 2.24. The van der Waals surface area contributed by atoms with E-state index in [1.54, 1.807) is 12.3 Å². The van der Waals surface area contributed by atoms with Crippen LogP contribution < -0.4 is 5.32 Å². The van der Waals surface area contributed by atoms with Crippen molar-refractivity contribution < 1.29 is 4.79 Å². The van der Waals surface area contributed by atoms with E-state index in [-0.39, 0.29) is 11.8 Å². The molecule has 0 aromatic carbocycles. The number of piperidine rings is 1. The summed E-state index contributed by atoms with van der Waals surface area (Å²) in [4.78, 5) is 23.7. The second-order valence-corrected chi connectivity index (χ2v) is 8.43. The van der Waals surface area contributed by atoms with Crippen LogP contribution in [0.2, 0.25) is 0 Å². The number of anilines is 2. The van der Waals surface area contributed by atoms with Crippen LogP contribution in [0.15, 0.2) is 42.7 Å².